The van der Waals surface area contributed by atoms with Gasteiger partial charge >= 0.3 is 0 Å². The third-order valence-corrected chi connectivity index (χ3v) is 4.30. The molecule has 0 radical (unpaired) electrons. The highest BCUT2D eigenvalue weighted by molar-refractivity contribution is 7.89. The molecule has 0 rings (SSSR count). The molecule has 0 aliphatic rings. The highest BCUT2D eigenvalue weighted by Gasteiger charge is 2.19. The topological polar surface area (TPSA) is 58.6 Å². The van der Waals surface area contributed by atoms with Gasteiger partial charge in [-0.25, -0.2) is 8.42 Å². The van der Waals surface area contributed by atoms with Gasteiger partial charge in [-0.3, -0.25) is 0 Å². The number of nitrogens with one attached hydrogen (secondary N) is 1. The van der Waals surface area contributed by atoms with Gasteiger partial charge in [0.1, 0.15) is 0 Å². The SMILES string of the molecule is CCOCCN(CC)S(=O)(=O)CCCNC. The summed E-state index contributed by atoms with van der Waals surface area (Å²) >= 11 is 0. The lowest BCUT2D eigenvalue weighted by Crippen LogP contribution is -2.36. The average Bonchev–Trinajstić information content (AvgIpc) is 2.24. The van der Waals surface area contributed by atoms with Crippen LogP contribution in [0.1, 0.15) is 20.3 Å². The van der Waals surface area contributed by atoms with Crippen LogP contribution in [0, 0.1) is 0 Å². The first kappa shape index (κ1) is 15.8. The third-order valence-electron chi connectivity index (χ3n) is 2.26. The average molecular weight is 252 g/mol. The molecule has 0 unspecified atom stereocenters. The molecule has 0 aliphatic heterocycles. The lowest BCUT2D eigenvalue weighted by molar-refractivity contribution is 0.135. The van der Waals surface area contributed by atoms with Crippen LogP contribution in [0.5, 0.6) is 0 Å². The van der Waals surface area contributed by atoms with E-state index in [1.807, 2.05) is 20.9 Å². The van der Waals surface area contributed by atoms with Crippen LogP contribution in [-0.4, -0.2) is 58.4 Å². The van der Waals surface area contributed by atoms with E-state index in [9.17, 15) is 8.42 Å². The zero-order chi connectivity index (χ0) is 12.4. The van der Waals surface area contributed by atoms with Gasteiger partial charge in [0.25, 0.3) is 0 Å². The van der Waals surface area contributed by atoms with Crippen molar-refractivity contribution in [1.82, 2.24) is 9.62 Å². The van der Waals surface area contributed by atoms with E-state index in [1.54, 1.807) is 0 Å². The Morgan fingerprint density at radius 3 is 2.50 bits per heavy atom. The van der Waals surface area contributed by atoms with Crippen molar-refractivity contribution in [2.75, 3.05) is 45.6 Å². The monoisotopic (exact) mass is 252 g/mol. The summed E-state index contributed by atoms with van der Waals surface area (Å²) in [6.07, 6.45) is 0.643. The maximum atomic E-state index is 11.9. The predicted octanol–water partition coefficient (Wildman–Crippen LogP) is 0.284. The molecule has 98 valence electrons. The Morgan fingerprint density at radius 1 is 1.31 bits per heavy atom. The van der Waals surface area contributed by atoms with E-state index in [0.29, 0.717) is 32.7 Å². The third kappa shape index (κ3) is 6.42. The van der Waals surface area contributed by atoms with Gasteiger partial charge in [0.15, 0.2) is 0 Å². The lowest BCUT2D eigenvalue weighted by Gasteiger charge is -2.20. The fourth-order valence-corrected chi connectivity index (χ4v) is 2.88. The molecule has 0 heterocycles. The van der Waals surface area contributed by atoms with E-state index in [1.165, 1.54) is 4.31 Å². The fourth-order valence-electron chi connectivity index (χ4n) is 1.37. The van der Waals surface area contributed by atoms with Crippen LogP contribution in [0.25, 0.3) is 0 Å². The second-order valence-corrected chi connectivity index (χ2v) is 5.55. The standard InChI is InChI=1S/C10H24N2O3S/c1-4-12(8-9-15-5-2)16(13,14)10-6-7-11-3/h11H,4-10H2,1-3H3. The molecule has 0 saturated heterocycles. The van der Waals surface area contributed by atoms with Gasteiger partial charge in [0.2, 0.25) is 10.0 Å². The maximum Gasteiger partial charge on any atom is 0.214 e. The molecule has 16 heavy (non-hydrogen) atoms. The number of hydrogen-bond donors (Lipinski definition) is 1. The summed E-state index contributed by atoms with van der Waals surface area (Å²) in [6, 6.07) is 0. The Kier molecular flexibility index (Phi) is 8.83. The maximum absolute atomic E-state index is 11.9. The molecule has 6 heteroatoms. The van der Waals surface area contributed by atoms with E-state index < -0.39 is 10.0 Å². The van der Waals surface area contributed by atoms with Crippen LogP contribution >= 0.6 is 0 Å². The summed E-state index contributed by atoms with van der Waals surface area (Å²) in [6.45, 7) is 6.52. The van der Waals surface area contributed by atoms with Crippen molar-refractivity contribution < 1.29 is 13.2 Å². The smallest absolute Gasteiger partial charge is 0.214 e. The van der Waals surface area contributed by atoms with Gasteiger partial charge in [0.05, 0.1) is 12.4 Å². The van der Waals surface area contributed by atoms with E-state index >= 15 is 0 Å². The quantitative estimate of drug-likeness (QED) is 0.568. The second kappa shape index (κ2) is 8.92. The number of rotatable bonds is 10. The molecule has 0 aliphatic carbocycles. The van der Waals surface area contributed by atoms with Crippen molar-refractivity contribution >= 4 is 10.0 Å². The fraction of sp³-hybridized carbons (Fsp3) is 1.00. The van der Waals surface area contributed by atoms with Crippen molar-refractivity contribution in [1.29, 1.82) is 0 Å². The highest BCUT2D eigenvalue weighted by atomic mass is 32.2. The van der Waals surface area contributed by atoms with Crippen molar-refractivity contribution in [2.45, 2.75) is 20.3 Å². The molecular formula is C10H24N2O3S. The summed E-state index contributed by atoms with van der Waals surface area (Å²) in [4.78, 5) is 0. The van der Waals surface area contributed by atoms with Crippen LogP contribution in [-0.2, 0) is 14.8 Å². The molecule has 0 fully saturated rings. The minimum absolute atomic E-state index is 0.202. The molecular weight excluding hydrogens is 228 g/mol. The molecule has 0 amide bonds. The van der Waals surface area contributed by atoms with Crippen molar-refractivity contribution in [3.05, 3.63) is 0 Å². The molecule has 0 bridgehead atoms. The Labute approximate surface area is 99.2 Å². The first-order valence-electron chi connectivity index (χ1n) is 5.78. The Balaban J connectivity index is 4.09. The van der Waals surface area contributed by atoms with Crippen molar-refractivity contribution in [2.24, 2.45) is 0 Å². The number of hydrogen-bond acceptors (Lipinski definition) is 4. The molecule has 0 atom stereocenters. The predicted molar refractivity (Wildman–Crippen MR) is 66.1 cm³/mol. The van der Waals surface area contributed by atoms with E-state index in [4.69, 9.17) is 4.74 Å². The van der Waals surface area contributed by atoms with Gasteiger partial charge in [-0.2, -0.15) is 4.31 Å². The first-order chi connectivity index (χ1) is 7.58. The van der Waals surface area contributed by atoms with Gasteiger partial charge in [0, 0.05) is 19.7 Å². The van der Waals surface area contributed by atoms with E-state index in [2.05, 4.69) is 5.32 Å². The summed E-state index contributed by atoms with van der Waals surface area (Å²) in [7, 11) is -1.29. The van der Waals surface area contributed by atoms with Crippen LogP contribution < -0.4 is 5.32 Å². The molecule has 1 N–H and O–H groups in total. The lowest BCUT2D eigenvalue weighted by atomic mass is 10.5. The largest absolute Gasteiger partial charge is 0.380 e. The summed E-state index contributed by atoms with van der Waals surface area (Å²) < 4.78 is 30.4. The normalized spacial score (nSPS) is 12.2. The summed E-state index contributed by atoms with van der Waals surface area (Å²) in [5, 5.41) is 2.94. The van der Waals surface area contributed by atoms with Gasteiger partial charge in [-0.1, -0.05) is 6.92 Å². The van der Waals surface area contributed by atoms with Crippen molar-refractivity contribution in [3.63, 3.8) is 0 Å². The molecule has 5 nitrogen and oxygen atoms in total. The zero-order valence-corrected chi connectivity index (χ0v) is 11.3. The minimum atomic E-state index is -3.11. The molecule has 0 saturated carbocycles. The van der Waals surface area contributed by atoms with Crippen LogP contribution in [0.2, 0.25) is 0 Å². The number of likely N-dealkylation sites (N-methyl/N-ethyl adjacent to an activating group) is 1. The van der Waals surface area contributed by atoms with Crippen LogP contribution in [0.3, 0.4) is 0 Å². The Morgan fingerprint density at radius 2 is 2.00 bits per heavy atom. The second-order valence-electron chi connectivity index (χ2n) is 3.46. The van der Waals surface area contributed by atoms with Crippen LogP contribution in [0.4, 0.5) is 0 Å². The van der Waals surface area contributed by atoms with Gasteiger partial charge in [-0.15, -0.1) is 0 Å². The highest BCUT2D eigenvalue weighted by Crippen LogP contribution is 2.02. The zero-order valence-electron chi connectivity index (χ0n) is 10.5. The number of nitrogens with zero attached hydrogens (tertiary/aromatic N) is 1. The van der Waals surface area contributed by atoms with Crippen molar-refractivity contribution in [3.8, 4) is 0 Å². The molecule has 0 aromatic heterocycles. The van der Waals surface area contributed by atoms with Crippen LogP contribution in [0.15, 0.2) is 0 Å². The summed E-state index contributed by atoms with van der Waals surface area (Å²) in [5.41, 5.74) is 0. The molecule has 0 aromatic carbocycles. The number of sulfonamides is 1. The number of ether oxygens (including phenoxy) is 1. The first-order valence-corrected chi connectivity index (χ1v) is 7.39. The van der Waals surface area contributed by atoms with E-state index in [0.717, 1.165) is 6.54 Å². The van der Waals surface area contributed by atoms with Gasteiger partial charge in [-0.05, 0) is 26.9 Å². The Bertz CT molecular complexity index is 255. The molecule has 0 spiro atoms. The summed E-state index contributed by atoms with van der Waals surface area (Å²) in [5.74, 6) is 0.202. The minimum Gasteiger partial charge on any atom is -0.380 e. The molecule has 0 aromatic rings. The van der Waals surface area contributed by atoms with E-state index in [-0.39, 0.29) is 5.75 Å². The van der Waals surface area contributed by atoms with Gasteiger partial charge < -0.3 is 10.1 Å². The Hall–Kier alpha value is -0.170.